The summed E-state index contributed by atoms with van der Waals surface area (Å²) in [5.41, 5.74) is 7.69. The average molecular weight is 203 g/mol. The Morgan fingerprint density at radius 1 is 1.40 bits per heavy atom. The molecule has 4 heteroatoms. The van der Waals surface area contributed by atoms with Crippen LogP contribution >= 0.6 is 0 Å². The van der Waals surface area contributed by atoms with E-state index in [9.17, 15) is 0 Å². The fourth-order valence-corrected chi connectivity index (χ4v) is 1.47. The zero-order valence-corrected chi connectivity index (χ0v) is 8.77. The first-order valence-corrected chi connectivity index (χ1v) is 4.64. The molecule has 0 spiro atoms. The second kappa shape index (κ2) is 3.65. The smallest absolute Gasteiger partial charge is 0.200 e. The van der Waals surface area contributed by atoms with Crippen LogP contribution in [0, 0.1) is 0 Å². The van der Waals surface area contributed by atoms with Gasteiger partial charge in [-0.3, -0.25) is 0 Å². The van der Waals surface area contributed by atoms with Crippen LogP contribution < -0.4 is 10.5 Å². The van der Waals surface area contributed by atoms with Crippen molar-refractivity contribution >= 4 is 5.95 Å². The van der Waals surface area contributed by atoms with Gasteiger partial charge in [-0.05, 0) is 12.1 Å². The molecule has 1 aromatic heterocycles. The topological polar surface area (TPSA) is 53.1 Å². The van der Waals surface area contributed by atoms with Gasteiger partial charge in [0.15, 0.2) is 5.95 Å². The molecule has 0 aliphatic rings. The minimum absolute atomic E-state index is 0.507. The Balaban J connectivity index is 2.49. The number of nitrogens with two attached hydrogens (primary N) is 1. The lowest BCUT2D eigenvalue weighted by Crippen LogP contribution is -1.98. The Kier molecular flexibility index (Phi) is 2.33. The van der Waals surface area contributed by atoms with Gasteiger partial charge in [0.2, 0.25) is 0 Å². The Morgan fingerprint density at radius 2 is 2.20 bits per heavy atom. The minimum atomic E-state index is 0.507. The summed E-state index contributed by atoms with van der Waals surface area (Å²) in [7, 11) is 3.54. The largest absolute Gasteiger partial charge is 0.497 e. The Hall–Kier alpha value is -1.97. The minimum Gasteiger partial charge on any atom is -0.497 e. The summed E-state index contributed by atoms with van der Waals surface area (Å²) in [5, 5.41) is 0. The van der Waals surface area contributed by atoms with E-state index < -0.39 is 0 Å². The van der Waals surface area contributed by atoms with Gasteiger partial charge >= 0.3 is 0 Å². The normalized spacial score (nSPS) is 10.3. The molecular formula is C11H13N3O. The second-order valence-corrected chi connectivity index (χ2v) is 3.29. The first-order valence-electron chi connectivity index (χ1n) is 4.64. The van der Waals surface area contributed by atoms with Gasteiger partial charge in [-0.15, -0.1) is 0 Å². The third-order valence-electron chi connectivity index (χ3n) is 2.39. The number of imidazole rings is 1. The van der Waals surface area contributed by atoms with E-state index >= 15 is 0 Å². The Labute approximate surface area is 88.3 Å². The first-order chi connectivity index (χ1) is 7.22. The number of hydrogen-bond donors (Lipinski definition) is 1. The quantitative estimate of drug-likeness (QED) is 0.807. The highest BCUT2D eigenvalue weighted by molar-refractivity contribution is 5.62. The molecule has 2 N–H and O–H groups in total. The molecule has 0 unspecified atom stereocenters. The van der Waals surface area contributed by atoms with Gasteiger partial charge in [0.25, 0.3) is 0 Å². The summed E-state index contributed by atoms with van der Waals surface area (Å²) in [6.07, 6.45) is 1.75. The lowest BCUT2D eigenvalue weighted by Gasteiger charge is -2.05. The number of methoxy groups -OCH3 is 1. The fraction of sp³-hybridized carbons (Fsp3) is 0.182. The highest BCUT2D eigenvalue weighted by atomic mass is 16.5. The lowest BCUT2D eigenvalue weighted by atomic mass is 10.1. The summed E-state index contributed by atoms with van der Waals surface area (Å²) < 4.78 is 7.00. The molecule has 0 saturated heterocycles. The van der Waals surface area contributed by atoms with Gasteiger partial charge in [0.1, 0.15) is 5.75 Å². The zero-order valence-electron chi connectivity index (χ0n) is 8.77. The van der Waals surface area contributed by atoms with Crippen molar-refractivity contribution in [3.63, 3.8) is 0 Å². The van der Waals surface area contributed by atoms with E-state index in [0.29, 0.717) is 5.95 Å². The first kappa shape index (κ1) is 9.58. The molecule has 0 fully saturated rings. The van der Waals surface area contributed by atoms with Crippen molar-refractivity contribution in [2.24, 2.45) is 7.05 Å². The van der Waals surface area contributed by atoms with Gasteiger partial charge in [0, 0.05) is 12.6 Å². The standard InChI is InChI=1S/C11H13N3O/c1-14-10(7-13-11(14)12)8-4-3-5-9(6-8)15-2/h3-7H,1-2H3,(H2,12,13). The van der Waals surface area contributed by atoms with Crippen LogP contribution in [-0.2, 0) is 7.05 Å². The summed E-state index contributed by atoms with van der Waals surface area (Å²) >= 11 is 0. The molecule has 15 heavy (non-hydrogen) atoms. The van der Waals surface area contributed by atoms with Crippen molar-refractivity contribution < 1.29 is 4.74 Å². The molecule has 0 aliphatic carbocycles. The van der Waals surface area contributed by atoms with Crippen LogP contribution in [0.2, 0.25) is 0 Å². The van der Waals surface area contributed by atoms with E-state index in [1.807, 2.05) is 35.9 Å². The van der Waals surface area contributed by atoms with Crippen molar-refractivity contribution in [3.8, 4) is 17.0 Å². The summed E-state index contributed by atoms with van der Waals surface area (Å²) in [4.78, 5) is 4.05. The number of rotatable bonds is 2. The Bertz CT molecular complexity index is 476. The maximum absolute atomic E-state index is 5.67. The van der Waals surface area contributed by atoms with E-state index in [1.54, 1.807) is 13.3 Å². The number of anilines is 1. The second-order valence-electron chi connectivity index (χ2n) is 3.29. The molecule has 2 rings (SSSR count). The van der Waals surface area contributed by atoms with Crippen molar-refractivity contribution in [1.82, 2.24) is 9.55 Å². The third kappa shape index (κ3) is 1.66. The van der Waals surface area contributed by atoms with Crippen molar-refractivity contribution in [3.05, 3.63) is 30.5 Å². The third-order valence-corrected chi connectivity index (χ3v) is 2.39. The van der Waals surface area contributed by atoms with Gasteiger partial charge in [-0.25, -0.2) is 4.98 Å². The number of nitrogens with zero attached hydrogens (tertiary/aromatic N) is 2. The molecule has 0 atom stereocenters. The van der Waals surface area contributed by atoms with Crippen LogP contribution in [0.25, 0.3) is 11.3 Å². The Morgan fingerprint density at radius 3 is 2.80 bits per heavy atom. The van der Waals surface area contributed by atoms with Crippen LogP contribution in [0.1, 0.15) is 0 Å². The molecule has 4 nitrogen and oxygen atoms in total. The summed E-state index contributed by atoms with van der Waals surface area (Å²) in [6.45, 7) is 0. The van der Waals surface area contributed by atoms with Crippen molar-refractivity contribution in [2.75, 3.05) is 12.8 Å². The lowest BCUT2D eigenvalue weighted by molar-refractivity contribution is 0.415. The molecule has 2 aromatic rings. The van der Waals surface area contributed by atoms with Crippen LogP contribution in [0.5, 0.6) is 5.75 Å². The molecule has 0 bridgehead atoms. The van der Waals surface area contributed by atoms with Crippen LogP contribution in [-0.4, -0.2) is 16.7 Å². The van der Waals surface area contributed by atoms with Gasteiger partial charge in [0.05, 0.1) is 19.0 Å². The van der Waals surface area contributed by atoms with E-state index in [2.05, 4.69) is 4.98 Å². The predicted octanol–water partition coefficient (Wildman–Crippen LogP) is 1.68. The predicted molar refractivity (Wildman–Crippen MR) is 59.6 cm³/mol. The molecule has 0 saturated carbocycles. The van der Waals surface area contributed by atoms with E-state index in [4.69, 9.17) is 10.5 Å². The molecule has 1 heterocycles. The molecular weight excluding hydrogens is 190 g/mol. The van der Waals surface area contributed by atoms with E-state index in [0.717, 1.165) is 17.0 Å². The fourth-order valence-electron chi connectivity index (χ4n) is 1.47. The van der Waals surface area contributed by atoms with Crippen molar-refractivity contribution in [2.45, 2.75) is 0 Å². The maximum atomic E-state index is 5.67. The molecule has 0 aliphatic heterocycles. The van der Waals surface area contributed by atoms with Gasteiger partial charge in [-0.1, -0.05) is 12.1 Å². The molecule has 0 amide bonds. The molecule has 78 valence electrons. The monoisotopic (exact) mass is 203 g/mol. The van der Waals surface area contributed by atoms with Crippen LogP contribution in [0.15, 0.2) is 30.5 Å². The highest BCUT2D eigenvalue weighted by Gasteiger charge is 2.06. The summed E-state index contributed by atoms with van der Waals surface area (Å²) in [5.74, 6) is 1.33. The SMILES string of the molecule is COc1cccc(-c2cnc(N)n2C)c1. The van der Waals surface area contributed by atoms with Gasteiger partial charge in [-0.2, -0.15) is 0 Å². The van der Waals surface area contributed by atoms with Crippen molar-refractivity contribution in [1.29, 1.82) is 0 Å². The highest BCUT2D eigenvalue weighted by Crippen LogP contribution is 2.24. The number of hydrogen-bond acceptors (Lipinski definition) is 3. The number of nitrogen functional groups attached to an aromatic ring is 1. The number of benzene rings is 1. The molecule has 0 radical (unpaired) electrons. The maximum Gasteiger partial charge on any atom is 0.200 e. The van der Waals surface area contributed by atoms with E-state index in [1.165, 1.54) is 0 Å². The average Bonchev–Trinajstić information content (AvgIpc) is 2.60. The summed E-state index contributed by atoms with van der Waals surface area (Å²) in [6, 6.07) is 7.80. The number of ether oxygens (including phenoxy) is 1. The zero-order chi connectivity index (χ0) is 10.8. The van der Waals surface area contributed by atoms with E-state index in [-0.39, 0.29) is 0 Å². The number of aromatic nitrogens is 2. The molecule has 1 aromatic carbocycles. The van der Waals surface area contributed by atoms with Crippen LogP contribution in [0.4, 0.5) is 5.95 Å². The van der Waals surface area contributed by atoms with Crippen LogP contribution in [0.3, 0.4) is 0 Å². The van der Waals surface area contributed by atoms with Gasteiger partial charge < -0.3 is 15.0 Å².